The Balaban J connectivity index is 1.44. The van der Waals surface area contributed by atoms with Crippen LogP contribution in [0.4, 0.5) is 17.5 Å². The van der Waals surface area contributed by atoms with Gasteiger partial charge in [0.15, 0.2) is 0 Å². The highest BCUT2D eigenvalue weighted by molar-refractivity contribution is 5.61. The molecule has 2 N–H and O–H groups in total. The van der Waals surface area contributed by atoms with Gasteiger partial charge in [-0.05, 0) is 68.8 Å². The summed E-state index contributed by atoms with van der Waals surface area (Å²) in [5.74, 6) is 2.72. The van der Waals surface area contributed by atoms with Crippen LogP contribution in [0.5, 0.6) is 5.75 Å². The van der Waals surface area contributed by atoms with Gasteiger partial charge in [0.2, 0.25) is 5.95 Å². The zero-order valence-electron chi connectivity index (χ0n) is 16.1. The fourth-order valence-corrected chi connectivity index (χ4v) is 3.70. The molecule has 144 valence electrons. The molecule has 0 unspecified atom stereocenters. The number of nitrogens with two attached hydrogens (primary N) is 1. The largest absolute Gasteiger partial charge is 0.493 e. The molecule has 0 bridgehead atoms. The van der Waals surface area contributed by atoms with Crippen LogP contribution in [0, 0.1) is 0 Å². The molecule has 1 saturated heterocycles. The van der Waals surface area contributed by atoms with E-state index in [-0.39, 0.29) is 0 Å². The average molecular weight is 367 g/mol. The number of rotatable bonds is 8. The first-order chi connectivity index (χ1) is 13.2. The number of benzene rings is 1. The smallest absolute Gasteiger partial charge is 0.231 e. The van der Waals surface area contributed by atoms with E-state index in [9.17, 15) is 0 Å². The molecular formula is C21H29N5O. The van der Waals surface area contributed by atoms with Gasteiger partial charge in [-0.1, -0.05) is 6.07 Å². The first-order valence-corrected chi connectivity index (χ1v) is 10.0. The Bertz CT molecular complexity index is 771. The Morgan fingerprint density at radius 3 is 2.78 bits per heavy atom. The summed E-state index contributed by atoms with van der Waals surface area (Å²) >= 11 is 0. The van der Waals surface area contributed by atoms with Crippen molar-refractivity contribution in [3.05, 3.63) is 36.0 Å². The van der Waals surface area contributed by atoms with Gasteiger partial charge in [0.1, 0.15) is 11.6 Å². The van der Waals surface area contributed by atoms with Gasteiger partial charge in [-0.25, -0.2) is 4.98 Å². The van der Waals surface area contributed by atoms with Gasteiger partial charge < -0.3 is 20.3 Å². The van der Waals surface area contributed by atoms with Crippen LogP contribution in [0.1, 0.15) is 43.6 Å². The molecule has 0 amide bonds. The van der Waals surface area contributed by atoms with Gasteiger partial charge in [0, 0.05) is 31.5 Å². The number of aromatic nitrogens is 2. The predicted octanol–water partition coefficient (Wildman–Crippen LogP) is 3.57. The van der Waals surface area contributed by atoms with E-state index < -0.39 is 0 Å². The first kappa shape index (κ1) is 18.0. The molecule has 2 aliphatic rings. The number of ether oxygens (including phenoxy) is 1. The number of hydrogen-bond acceptors (Lipinski definition) is 6. The summed E-state index contributed by atoms with van der Waals surface area (Å²) in [6.07, 6.45) is 7.96. The summed E-state index contributed by atoms with van der Waals surface area (Å²) in [5.41, 5.74) is 8.15. The van der Waals surface area contributed by atoms with Crippen LogP contribution in [0.2, 0.25) is 0 Å². The van der Waals surface area contributed by atoms with Crippen LogP contribution in [-0.2, 0) is 0 Å². The van der Waals surface area contributed by atoms with Gasteiger partial charge in [-0.3, -0.25) is 0 Å². The van der Waals surface area contributed by atoms with E-state index in [1.807, 2.05) is 11.9 Å². The molecule has 1 aromatic heterocycles. The second kappa shape index (κ2) is 8.13. The third-order valence-corrected chi connectivity index (χ3v) is 5.44. The molecule has 2 fully saturated rings. The van der Waals surface area contributed by atoms with E-state index >= 15 is 0 Å². The van der Waals surface area contributed by atoms with E-state index in [0.29, 0.717) is 17.7 Å². The maximum absolute atomic E-state index is 6.23. The first-order valence-electron chi connectivity index (χ1n) is 10.0. The van der Waals surface area contributed by atoms with E-state index in [1.165, 1.54) is 44.3 Å². The maximum Gasteiger partial charge on any atom is 0.231 e. The monoisotopic (exact) mass is 367 g/mol. The summed E-state index contributed by atoms with van der Waals surface area (Å²) < 4.78 is 6.23. The van der Waals surface area contributed by atoms with Gasteiger partial charge >= 0.3 is 0 Å². The molecule has 1 aromatic carbocycles. The van der Waals surface area contributed by atoms with E-state index in [2.05, 4.69) is 33.1 Å². The topological polar surface area (TPSA) is 67.5 Å². The second-order valence-electron chi connectivity index (χ2n) is 7.59. The van der Waals surface area contributed by atoms with Gasteiger partial charge in [-0.2, -0.15) is 4.98 Å². The fraction of sp³-hybridized carbons (Fsp3) is 0.524. The average Bonchev–Trinajstić information content (AvgIpc) is 3.40. The van der Waals surface area contributed by atoms with Crippen molar-refractivity contribution >= 4 is 17.5 Å². The Hall–Kier alpha value is -2.34. The fourth-order valence-electron chi connectivity index (χ4n) is 3.70. The normalized spacial score (nSPS) is 17.2. The van der Waals surface area contributed by atoms with E-state index in [4.69, 9.17) is 10.5 Å². The zero-order chi connectivity index (χ0) is 18.6. The van der Waals surface area contributed by atoms with Crippen LogP contribution < -0.4 is 15.4 Å². The van der Waals surface area contributed by atoms with Gasteiger partial charge in [-0.15, -0.1) is 0 Å². The summed E-state index contributed by atoms with van der Waals surface area (Å²) in [6.45, 7) is 4.38. The summed E-state index contributed by atoms with van der Waals surface area (Å²) in [5, 5.41) is 0. The number of nitrogen functional groups attached to an aromatic ring is 1. The summed E-state index contributed by atoms with van der Waals surface area (Å²) in [7, 11) is 1.96. The minimum Gasteiger partial charge on any atom is -0.493 e. The van der Waals surface area contributed by atoms with Gasteiger partial charge in [0.25, 0.3) is 0 Å². The van der Waals surface area contributed by atoms with Gasteiger partial charge in [0.05, 0.1) is 6.61 Å². The highest BCUT2D eigenvalue weighted by Crippen LogP contribution is 2.45. The molecule has 6 heteroatoms. The Morgan fingerprint density at radius 2 is 2.04 bits per heavy atom. The third-order valence-electron chi connectivity index (χ3n) is 5.44. The number of nitrogens with zero attached hydrogens (tertiary/aromatic N) is 4. The van der Waals surface area contributed by atoms with Crippen molar-refractivity contribution < 1.29 is 4.74 Å². The molecule has 1 saturated carbocycles. The molecule has 0 spiro atoms. The molecule has 2 heterocycles. The molecule has 27 heavy (non-hydrogen) atoms. The van der Waals surface area contributed by atoms with E-state index in [0.717, 1.165) is 31.0 Å². The van der Waals surface area contributed by atoms with Crippen molar-refractivity contribution in [2.24, 2.45) is 0 Å². The molecule has 2 aromatic rings. The molecule has 0 atom stereocenters. The predicted molar refractivity (Wildman–Crippen MR) is 109 cm³/mol. The lowest BCUT2D eigenvalue weighted by molar-refractivity contribution is 0.262. The molecule has 4 rings (SSSR count). The molecule has 0 radical (unpaired) electrons. The van der Waals surface area contributed by atoms with Crippen LogP contribution in [0.15, 0.2) is 30.5 Å². The lowest BCUT2D eigenvalue weighted by Crippen LogP contribution is -2.22. The van der Waals surface area contributed by atoms with Crippen LogP contribution >= 0.6 is 0 Å². The quantitative estimate of drug-likeness (QED) is 0.720. The van der Waals surface area contributed by atoms with Crippen molar-refractivity contribution in [1.29, 1.82) is 0 Å². The van der Waals surface area contributed by atoms with Crippen LogP contribution in [0.3, 0.4) is 0 Å². The Morgan fingerprint density at radius 1 is 1.22 bits per heavy atom. The number of anilines is 3. The number of likely N-dealkylation sites (tertiary alicyclic amines) is 1. The summed E-state index contributed by atoms with van der Waals surface area (Å²) in [4.78, 5) is 13.1. The Kier molecular flexibility index (Phi) is 5.43. The van der Waals surface area contributed by atoms with Crippen LogP contribution in [0.25, 0.3) is 0 Å². The number of hydrogen-bond donors (Lipinski definition) is 1. The van der Waals surface area contributed by atoms with Crippen molar-refractivity contribution in [3.63, 3.8) is 0 Å². The molecule has 6 nitrogen and oxygen atoms in total. The standard InChI is InChI=1S/C21H29N5O/c1-25(21-23-10-9-20(22)24-21)17-7-8-18(16-5-6-16)19(15-17)27-14-4-13-26-11-2-3-12-26/h7-10,15-16H,2-6,11-14H2,1H3,(H2,22,23,24). The lowest BCUT2D eigenvalue weighted by atomic mass is 10.1. The highest BCUT2D eigenvalue weighted by Gasteiger charge is 2.27. The van der Waals surface area contributed by atoms with Crippen LogP contribution in [-0.4, -0.2) is 48.2 Å². The van der Waals surface area contributed by atoms with Crippen molar-refractivity contribution in [2.45, 2.75) is 38.0 Å². The Labute approximate surface area is 161 Å². The molecular weight excluding hydrogens is 338 g/mol. The molecule has 1 aliphatic heterocycles. The van der Waals surface area contributed by atoms with Crippen molar-refractivity contribution in [1.82, 2.24) is 14.9 Å². The van der Waals surface area contributed by atoms with Crippen molar-refractivity contribution in [2.75, 3.05) is 43.9 Å². The van der Waals surface area contributed by atoms with Crippen molar-refractivity contribution in [3.8, 4) is 5.75 Å². The highest BCUT2D eigenvalue weighted by atomic mass is 16.5. The summed E-state index contributed by atoms with van der Waals surface area (Å²) in [6, 6.07) is 8.14. The molecule has 1 aliphatic carbocycles. The second-order valence-corrected chi connectivity index (χ2v) is 7.59. The maximum atomic E-state index is 6.23. The minimum absolute atomic E-state index is 0.472. The SMILES string of the molecule is CN(c1ccc(C2CC2)c(OCCCN2CCCC2)c1)c1nccc(N)n1. The van der Waals surface area contributed by atoms with E-state index in [1.54, 1.807) is 12.3 Å². The minimum atomic E-state index is 0.472. The third kappa shape index (κ3) is 4.50. The zero-order valence-corrected chi connectivity index (χ0v) is 16.1. The lowest BCUT2D eigenvalue weighted by Gasteiger charge is -2.20.